The van der Waals surface area contributed by atoms with Crippen LogP contribution in [0, 0.1) is 6.92 Å². The molecule has 0 saturated carbocycles. The lowest BCUT2D eigenvalue weighted by molar-refractivity contribution is -0.116. The van der Waals surface area contributed by atoms with Crippen molar-refractivity contribution in [2.24, 2.45) is 0 Å². The zero-order chi connectivity index (χ0) is 18.2. The third kappa shape index (κ3) is 5.64. The third-order valence-electron chi connectivity index (χ3n) is 3.74. The van der Waals surface area contributed by atoms with Gasteiger partial charge in [0.2, 0.25) is 17.6 Å². The molecule has 136 valence electrons. The van der Waals surface area contributed by atoms with Crippen molar-refractivity contribution in [2.75, 3.05) is 6.54 Å². The molecule has 0 atom stereocenters. The molecule has 3 aromatic heterocycles. The molecule has 3 aromatic rings. The van der Waals surface area contributed by atoms with Crippen molar-refractivity contribution in [3.05, 3.63) is 51.4 Å². The second kappa shape index (κ2) is 9.45. The Morgan fingerprint density at radius 2 is 2.19 bits per heavy atom. The number of nitrogens with one attached hydrogen (secondary N) is 1. The average molecular weight is 388 g/mol. The van der Waals surface area contributed by atoms with E-state index < -0.39 is 0 Å². The lowest BCUT2D eigenvalue weighted by Gasteiger charge is -2.01. The Morgan fingerprint density at radius 3 is 2.96 bits per heavy atom. The number of aromatic nitrogens is 2. The topological polar surface area (TPSA) is 68.0 Å². The van der Waals surface area contributed by atoms with Crippen molar-refractivity contribution in [2.45, 2.75) is 32.6 Å². The highest BCUT2D eigenvalue weighted by atomic mass is 32.1. The molecule has 26 heavy (non-hydrogen) atoms. The number of aryl methyl sites for hydroxylation is 2. The van der Waals surface area contributed by atoms with Crippen molar-refractivity contribution in [3.8, 4) is 10.7 Å². The van der Waals surface area contributed by atoms with Gasteiger partial charge in [0.15, 0.2) is 0 Å². The van der Waals surface area contributed by atoms with Crippen LogP contribution in [0.5, 0.6) is 0 Å². The van der Waals surface area contributed by atoms with Gasteiger partial charge in [0.25, 0.3) is 0 Å². The molecule has 0 fully saturated rings. The van der Waals surface area contributed by atoms with Gasteiger partial charge in [-0.2, -0.15) is 4.98 Å². The molecule has 0 aliphatic rings. The lowest BCUT2D eigenvalue weighted by Crippen LogP contribution is -2.21. The monoisotopic (exact) mass is 387 g/mol. The predicted octanol–water partition coefficient (Wildman–Crippen LogP) is 4.71. The van der Waals surface area contributed by atoms with E-state index >= 15 is 0 Å². The van der Waals surface area contributed by atoms with E-state index in [-0.39, 0.29) is 5.91 Å². The predicted molar refractivity (Wildman–Crippen MR) is 106 cm³/mol. The molecular weight excluding hydrogens is 366 g/mol. The molecule has 3 rings (SSSR count). The summed E-state index contributed by atoms with van der Waals surface area (Å²) in [5.74, 6) is 1.29. The minimum absolute atomic E-state index is 0.0476. The average Bonchev–Trinajstić information content (AvgIpc) is 3.37. The van der Waals surface area contributed by atoms with Gasteiger partial charge in [0, 0.05) is 28.8 Å². The summed E-state index contributed by atoms with van der Waals surface area (Å²) in [6, 6.07) is 8.03. The van der Waals surface area contributed by atoms with Crippen LogP contribution in [-0.4, -0.2) is 22.6 Å². The van der Waals surface area contributed by atoms with Crippen LogP contribution < -0.4 is 5.32 Å². The van der Waals surface area contributed by atoms with Crippen LogP contribution in [0.1, 0.15) is 34.9 Å². The summed E-state index contributed by atoms with van der Waals surface area (Å²) in [5.41, 5.74) is 0. The van der Waals surface area contributed by atoms with E-state index in [1.807, 2.05) is 29.7 Å². The van der Waals surface area contributed by atoms with Gasteiger partial charge in [-0.3, -0.25) is 4.79 Å². The SMILES string of the molecule is Cc1ccc(/C=C/C(=O)NCCCCCc2nc(-c3cccs3)no2)s1. The summed E-state index contributed by atoms with van der Waals surface area (Å²) in [5, 5.41) is 8.91. The molecule has 0 unspecified atom stereocenters. The minimum Gasteiger partial charge on any atom is -0.353 e. The summed E-state index contributed by atoms with van der Waals surface area (Å²) in [4.78, 5) is 19.5. The minimum atomic E-state index is -0.0476. The van der Waals surface area contributed by atoms with Crippen molar-refractivity contribution < 1.29 is 9.32 Å². The third-order valence-corrected chi connectivity index (χ3v) is 5.57. The normalized spacial score (nSPS) is 11.3. The van der Waals surface area contributed by atoms with Crippen LogP contribution in [-0.2, 0) is 11.2 Å². The molecule has 0 radical (unpaired) electrons. The molecule has 7 heteroatoms. The van der Waals surface area contributed by atoms with Gasteiger partial charge >= 0.3 is 0 Å². The number of unbranched alkanes of at least 4 members (excludes halogenated alkanes) is 2. The number of amides is 1. The van der Waals surface area contributed by atoms with E-state index in [0.717, 1.165) is 35.4 Å². The van der Waals surface area contributed by atoms with Gasteiger partial charge < -0.3 is 9.84 Å². The first kappa shape index (κ1) is 18.5. The molecule has 3 heterocycles. The highest BCUT2D eigenvalue weighted by molar-refractivity contribution is 7.13. The number of hydrogen-bond acceptors (Lipinski definition) is 6. The van der Waals surface area contributed by atoms with Gasteiger partial charge in [0.1, 0.15) is 0 Å². The summed E-state index contributed by atoms with van der Waals surface area (Å²) in [7, 11) is 0. The number of nitrogens with zero attached hydrogens (tertiary/aromatic N) is 2. The van der Waals surface area contributed by atoms with Gasteiger partial charge in [-0.1, -0.05) is 17.6 Å². The standard InChI is InChI=1S/C19H21N3O2S2/c1-14-8-9-15(26-14)10-11-17(23)20-12-4-2-3-7-18-21-19(22-24-18)16-6-5-13-25-16/h5-6,8-11,13H,2-4,7,12H2,1H3,(H,20,23)/b11-10+. The van der Waals surface area contributed by atoms with Crippen molar-refractivity contribution in [1.82, 2.24) is 15.5 Å². The molecule has 1 N–H and O–H groups in total. The molecule has 0 spiro atoms. The Labute approximate surface area is 160 Å². The second-order valence-corrected chi connectivity index (χ2v) is 8.14. The Morgan fingerprint density at radius 1 is 1.27 bits per heavy atom. The van der Waals surface area contributed by atoms with Crippen molar-refractivity contribution >= 4 is 34.7 Å². The quantitative estimate of drug-likeness (QED) is 0.426. The maximum Gasteiger partial charge on any atom is 0.244 e. The lowest BCUT2D eigenvalue weighted by atomic mass is 10.2. The van der Waals surface area contributed by atoms with Gasteiger partial charge in [-0.05, 0) is 49.4 Å². The first-order valence-corrected chi connectivity index (χ1v) is 10.3. The van der Waals surface area contributed by atoms with Crippen LogP contribution in [0.15, 0.2) is 40.2 Å². The molecule has 0 aromatic carbocycles. The highest BCUT2D eigenvalue weighted by Gasteiger charge is 2.08. The number of carbonyl (C=O) groups excluding carboxylic acids is 1. The van der Waals surface area contributed by atoms with Crippen LogP contribution in [0.3, 0.4) is 0 Å². The van der Waals surface area contributed by atoms with Crippen LogP contribution in [0.25, 0.3) is 16.8 Å². The Balaban J connectivity index is 1.28. The molecule has 0 aliphatic carbocycles. The van der Waals surface area contributed by atoms with Crippen molar-refractivity contribution in [1.29, 1.82) is 0 Å². The number of rotatable bonds is 9. The van der Waals surface area contributed by atoms with E-state index in [1.165, 1.54) is 4.88 Å². The fraction of sp³-hybridized carbons (Fsp3) is 0.316. The largest absolute Gasteiger partial charge is 0.353 e. The van der Waals surface area contributed by atoms with Crippen LogP contribution >= 0.6 is 22.7 Å². The van der Waals surface area contributed by atoms with Crippen LogP contribution in [0.4, 0.5) is 0 Å². The Kier molecular flexibility index (Phi) is 6.74. The molecule has 0 aliphatic heterocycles. The number of thiophene rings is 2. The van der Waals surface area contributed by atoms with E-state index in [2.05, 4.69) is 28.4 Å². The smallest absolute Gasteiger partial charge is 0.244 e. The fourth-order valence-electron chi connectivity index (χ4n) is 2.41. The molecule has 1 amide bonds. The molecule has 5 nitrogen and oxygen atoms in total. The fourth-order valence-corrected chi connectivity index (χ4v) is 3.84. The second-order valence-electron chi connectivity index (χ2n) is 5.87. The maximum atomic E-state index is 11.8. The van der Waals surface area contributed by atoms with E-state index in [9.17, 15) is 4.79 Å². The summed E-state index contributed by atoms with van der Waals surface area (Å²) in [6.07, 6.45) is 7.12. The first-order chi connectivity index (χ1) is 12.7. The summed E-state index contributed by atoms with van der Waals surface area (Å²) < 4.78 is 5.28. The summed E-state index contributed by atoms with van der Waals surface area (Å²) >= 11 is 3.28. The van der Waals surface area contributed by atoms with E-state index in [4.69, 9.17) is 4.52 Å². The van der Waals surface area contributed by atoms with Gasteiger partial charge in [0.05, 0.1) is 4.88 Å². The molecule has 0 bridgehead atoms. The highest BCUT2D eigenvalue weighted by Crippen LogP contribution is 2.21. The van der Waals surface area contributed by atoms with Crippen molar-refractivity contribution in [3.63, 3.8) is 0 Å². The van der Waals surface area contributed by atoms with Gasteiger partial charge in [-0.25, -0.2) is 0 Å². The van der Waals surface area contributed by atoms with Gasteiger partial charge in [-0.15, -0.1) is 22.7 Å². The zero-order valence-electron chi connectivity index (χ0n) is 14.6. The summed E-state index contributed by atoms with van der Waals surface area (Å²) in [6.45, 7) is 2.73. The Hall–Kier alpha value is -2.25. The number of carbonyl (C=O) groups is 1. The van der Waals surface area contributed by atoms with E-state index in [0.29, 0.717) is 18.3 Å². The zero-order valence-corrected chi connectivity index (χ0v) is 16.2. The first-order valence-electron chi connectivity index (χ1n) is 8.59. The maximum absolute atomic E-state index is 11.8. The van der Waals surface area contributed by atoms with Crippen LogP contribution in [0.2, 0.25) is 0 Å². The van der Waals surface area contributed by atoms with E-state index in [1.54, 1.807) is 28.7 Å². The molecule has 0 saturated heterocycles. The Bertz CT molecular complexity index is 850. The number of hydrogen-bond donors (Lipinski definition) is 1. The molecular formula is C19H21N3O2S2.